The number of alkyl halides is 1. The van der Waals surface area contributed by atoms with Crippen LogP contribution in [-0.2, 0) is 0 Å². The molecule has 0 aliphatic carbocycles. The largest absolute Gasteiger partial charge is 0.351 e. The van der Waals surface area contributed by atoms with E-state index in [1.807, 2.05) is 0 Å². The van der Waals surface area contributed by atoms with E-state index in [2.05, 4.69) is 58.6 Å². The first-order valence-corrected chi connectivity index (χ1v) is 4.55. The number of aromatic nitrogens is 1. The molecule has 0 aliphatic rings. The van der Waals surface area contributed by atoms with Gasteiger partial charge in [0.05, 0.1) is 0 Å². The summed E-state index contributed by atoms with van der Waals surface area (Å²) in [5.41, 5.74) is 0. The van der Waals surface area contributed by atoms with Gasteiger partial charge in [-0.25, -0.2) is 0 Å². The summed E-state index contributed by atoms with van der Waals surface area (Å²) in [7, 11) is 0. The number of rotatable bonds is 2. The quantitative estimate of drug-likeness (QED) is 0.548. The molecule has 1 nitrogen and oxygen atoms in total. The van der Waals surface area contributed by atoms with Crippen molar-refractivity contribution < 1.29 is 0 Å². The molecule has 0 radical (unpaired) electrons. The van der Waals surface area contributed by atoms with Gasteiger partial charge in [-0.15, -0.1) is 0 Å². The van der Waals surface area contributed by atoms with Crippen LogP contribution in [0.2, 0.25) is 0 Å². The Hall–Kier alpha value is 0.0100. The number of halogens is 1. The SMILES string of the molecule is CC(CI)n1cccc1. The molecule has 0 N–H and O–H groups in total. The van der Waals surface area contributed by atoms with Gasteiger partial charge < -0.3 is 4.57 Å². The van der Waals surface area contributed by atoms with Gasteiger partial charge in [-0.05, 0) is 19.1 Å². The molecule has 0 bridgehead atoms. The fourth-order valence-electron chi connectivity index (χ4n) is 0.721. The highest BCUT2D eigenvalue weighted by Gasteiger charge is 1.97. The van der Waals surface area contributed by atoms with Gasteiger partial charge >= 0.3 is 0 Å². The molecular formula is C7H10IN. The van der Waals surface area contributed by atoms with Gasteiger partial charge in [0.15, 0.2) is 0 Å². The second-order valence-electron chi connectivity index (χ2n) is 2.13. The van der Waals surface area contributed by atoms with Crippen LogP contribution in [0.4, 0.5) is 0 Å². The lowest BCUT2D eigenvalue weighted by atomic mass is 10.4. The first-order chi connectivity index (χ1) is 4.34. The highest BCUT2D eigenvalue weighted by molar-refractivity contribution is 14.1. The Morgan fingerprint density at radius 2 is 2.00 bits per heavy atom. The molecule has 1 rings (SSSR count). The van der Waals surface area contributed by atoms with Crippen LogP contribution < -0.4 is 0 Å². The average molecular weight is 235 g/mol. The molecule has 1 atom stereocenters. The molecule has 0 aliphatic heterocycles. The summed E-state index contributed by atoms with van der Waals surface area (Å²) < 4.78 is 3.39. The zero-order valence-corrected chi connectivity index (χ0v) is 7.58. The van der Waals surface area contributed by atoms with Crippen LogP contribution in [0.25, 0.3) is 0 Å². The van der Waals surface area contributed by atoms with Crippen molar-refractivity contribution in [1.82, 2.24) is 4.57 Å². The number of nitrogens with zero attached hydrogens (tertiary/aromatic N) is 1. The molecular weight excluding hydrogens is 225 g/mol. The van der Waals surface area contributed by atoms with Crippen molar-refractivity contribution >= 4 is 22.6 Å². The first kappa shape index (κ1) is 7.12. The molecule has 1 aromatic heterocycles. The van der Waals surface area contributed by atoms with Crippen molar-refractivity contribution in [3.63, 3.8) is 0 Å². The third-order valence-electron chi connectivity index (χ3n) is 1.36. The van der Waals surface area contributed by atoms with E-state index in [1.54, 1.807) is 0 Å². The van der Waals surface area contributed by atoms with Crippen molar-refractivity contribution in [1.29, 1.82) is 0 Å². The minimum Gasteiger partial charge on any atom is -0.351 e. The van der Waals surface area contributed by atoms with Crippen molar-refractivity contribution in [2.75, 3.05) is 4.43 Å². The van der Waals surface area contributed by atoms with E-state index < -0.39 is 0 Å². The van der Waals surface area contributed by atoms with Crippen molar-refractivity contribution in [2.24, 2.45) is 0 Å². The normalized spacial score (nSPS) is 13.6. The predicted molar refractivity (Wildman–Crippen MR) is 48.0 cm³/mol. The van der Waals surface area contributed by atoms with E-state index in [0.29, 0.717) is 6.04 Å². The van der Waals surface area contributed by atoms with Crippen LogP contribution in [-0.4, -0.2) is 8.99 Å². The van der Waals surface area contributed by atoms with Gasteiger partial charge in [0.2, 0.25) is 0 Å². The second kappa shape index (κ2) is 3.25. The minimum atomic E-state index is 0.639. The lowest BCUT2D eigenvalue weighted by Crippen LogP contribution is -2.01. The Bertz CT molecular complexity index is 157. The fraction of sp³-hybridized carbons (Fsp3) is 0.429. The Kier molecular flexibility index (Phi) is 2.57. The maximum Gasteiger partial charge on any atom is 0.0391 e. The van der Waals surface area contributed by atoms with E-state index in [4.69, 9.17) is 0 Å². The molecule has 1 unspecified atom stereocenters. The maximum absolute atomic E-state index is 2.39. The fourth-order valence-corrected chi connectivity index (χ4v) is 1.18. The van der Waals surface area contributed by atoms with Crippen molar-refractivity contribution in [3.05, 3.63) is 24.5 Å². The van der Waals surface area contributed by atoms with E-state index in [0.717, 1.165) is 0 Å². The molecule has 2 heteroatoms. The molecule has 0 amide bonds. The lowest BCUT2D eigenvalue weighted by molar-refractivity contribution is 0.621. The number of hydrogen-bond acceptors (Lipinski definition) is 0. The summed E-state index contributed by atoms with van der Waals surface area (Å²) in [5, 5.41) is 0. The molecule has 1 heterocycles. The summed E-state index contributed by atoms with van der Waals surface area (Å²) in [4.78, 5) is 0. The van der Waals surface area contributed by atoms with Crippen LogP contribution in [0.15, 0.2) is 24.5 Å². The van der Waals surface area contributed by atoms with Crippen LogP contribution >= 0.6 is 22.6 Å². The second-order valence-corrected chi connectivity index (χ2v) is 3.01. The summed E-state index contributed by atoms with van der Waals surface area (Å²) in [6, 6.07) is 4.76. The van der Waals surface area contributed by atoms with Crippen LogP contribution in [0.5, 0.6) is 0 Å². The van der Waals surface area contributed by atoms with Gasteiger partial charge in [-0.1, -0.05) is 22.6 Å². The zero-order chi connectivity index (χ0) is 6.69. The Labute approximate surface area is 69.2 Å². The predicted octanol–water partition coefficient (Wildman–Crippen LogP) is 2.48. The Morgan fingerprint density at radius 3 is 2.44 bits per heavy atom. The summed E-state index contributed by atoms with van der Waals surface area (Å²) >= 11 is 2.39. The van der Waals surface area contributed by atoms with Crippen molar-refractivity contribution in [2.45, 2.75) is 13.0 Å². The summed E-state index contributed by atoms with van der Waals surface area (Å²) in [5.74, 6) is 0. The van der Waals surface area contributed by atoms with E-state index >= 15 is 0 Å². The average Bonchev–Trinajstić information content (AvgIpc) is 2.37. The van der Waals surface area contributed by atoms with Crippen LogP contribution in [0.1, 0.15) is 13.0 Å². The molecule has 1 aromatic rings. The first-order valence-electron chi connectivity index (χ1n) is 3.03. The third kappa shape index (κ3) is 1.71. The molecule has 50 valence electrons. The Morgan fingerprint density at radius 1 is 1.44 bits per heavy atom. The molecule has 0 spiro atoms. The highest BCUT2D eigenvalue weighted by atomic mass is 127. The van der Waals surface area contributed by atoms with Gasteiger partial charge in [0.1, 0.15) is 0 Å². The van der Waals surface area contributed by atoms with Gasteiger partial charge in [-0.2, -0.15) is 0 Å². The molecule has 9 heavy (non-hydrogen) atoms. The molecule has 0 saturated heterocycles. The third-order valence-corrected chi connectivity index (χ3v) is 2.63. The van der Waals surface area contributed by atoms with E-state index in [-0.39, 0.29) is 0 Å². The van der Waals surface area contributed by atoms with Crippen molar-refractivity contribution in [3.8, 4) is 0 Å². The summed E-state index contributed by atoms with van der Waals surface area (Å²) in [6.45, 7) is 2.21. The minimum absolute atomic E-state index is 0.639. The van der Waals surface area contributed by atoms with Crippen LogP contribution in [0, 0.1) is 0 Å². The van der Waals surface area contributed by atoms with E-state index in [9.17, 15) is 0 Å². The van der Waals surface area contributed by atoms with Gasteiger partial charge in [0, 0.05) is 22.9 Å². The number of hydrogen-bond donors (Lipinski definition) is 0. The smallest absolute Gasteiger partial charge is 0.0391 e. The van der Waals surface area contributed by atoms with Gasteiger partial charge in [0.25, 0.3) is 0 Å². The summed E-state index contributed by atoms with van der Waals surface area (Å²) in [6.07, 6.45) is 4.20. The molecule has 0 aromatic carbocycles. The van der Waals surface area contributed by atoms with E-state index in [1.165, 1.54) is 4.43 Å². The lowest BCUT2D eigenvalue weighted by Gasteiger charge is -2.08. The topological polar surface area (TPSA) is 4.93 Å². The van der Waals surface area contributed by atoms with Gasteiger partial charge in [-0.3, -0.25) is 0 Å². The Balaban J connectivity index is 2.65. The monoisotopic (exact) mass is 235 g/mol. The zero-order valence-electron chi connectivity index (χ0n) is 5.42. The standard InChI is InChI=1S/C7H10IN/c1-7(6-8)9-4-2-3-5-9/h2-5,7H,6H2,1H3. The molecule has 0 saturated carbocycles. The molecule has 0 fully saturated rings. The maximum atomic E-state index is 2.39. The van der Waals surface area contributed by atoms with Crippen LogP contribution in [0.3, 0.4) is 0 Å². The highest BCUT2D eigenvalue weighted by Crippen LogP contribution is 2.07.